The van der Waals surface area contributed by atoms with Gasteiger partial charge in [0, 0.05) is 51.4 Å². The molecule has 1 aromatic rings. The van der Waals surface area contributed by atoms with Gasteiger partial charge in [0.1, 0.15) is 5.82 Å². The van der Waals surface area contributed by atoms with Crippen LogP contribution in [0.1, 0.15) is 50.2 Å². The molecule has 0 saturated carbocycles. The number of hydrogen-bond donors (Lipinski definition) is 3. The van der Waals surface area contributed by atoms with Crippen LogP contribution in [-0.4, -0.2) is 83.2 Å². The number of halogens is 1. The second-order valence-electron chi connectivity index (χ2n) is 9.99. The molecule has 4 atom stereocenters. The first-order valence-electron chi connectivity index (χ1n) is 13.5. The normalized spacial score (nSPS) is 22.0. The molecule has 2 saturated heterocycles. The lowest BCUT2D eigenvalue weighted by atomic mass is 9.91. The lowest BCUT2D eigenvalue weighted by molar-refractivity contribution is 0.00389. The number of alkyl carbamates (subject to hydrolysis) is 1. The predicted molar refractivity (Wildman–Crippen MR) is 139 cm³/mol. The van der Waals surface area contributed by atoms with Crippen LogP contribution in [0, 0.1) is 17.7 Å². The molecular weight excluding hydrogens is 479 g/mol. The van der Waals surface area contributed by atoms with E-state index >= 15 is 0 Å². The van der Waals surface area contributed by atoms with Crippen LogP contribution in [0.2, 0.25) is 0 Å². The average Bonchev–Trinajstić information content (AvgIpc) is 3.15. The average molecular weight is 523 g/mol. The highest BCUT2D eigenvalue weighted by Gasteiger charge is 2.31. The van der Waals surface area contributed by atoms with Gasteiger partial charge in [-0.3, -0.25) is 0 Å². The van der Waals surface area contributed by atoms with E-state index in [2.05, 4.69) is 20.7 Å². The third-order valence-corrected chi connectivity index (χ3v) is 7.11. The quantitative estimate of drug-likeness (QED) is 0.385. The lowest BCUT2D eigenvalue weighted by Gasteiger charge is -2.33. The zero-order valence-electron chi connectivity index (χ0n) is 22.2. The van der Waals surface area contributed by atoms with Crippen LogP contribution in [-0.2, 0) is 14.2 Å². The van der Waals surface area contributed by atoms with Crippen LogP contribution in [0.5, 0.6) is 0 Å². The molecule has 0 aliphatic carbocycles. The van der Waals surface area contributed by atoms with Crippen molar-refractivity contribution in [3.05, 3.63) is 35.6 Å². The Bertz CT molecular complexity index is 839. The molecule has 3 rings (SSSR count). The number of benzene rings is 1. The van der Waals surface area contributed by atoms with E-state index in [1.54, 1.807) is 6.07 Å². The molecule has 0 bridgehead atoms. The molecule has 2 heterocycles. The van der Waals surface area contributed by atoms with E-state index in [4.69, 9.17) is 9.47 Å². The molecule has 1 aromatic carbocycles. The Hall–Kier alpha value is -2.43. The summed E-state index contributed by atoms with van der Waals surface area (Å²) in [6, 6.07) is 6.37. The van der Waals surface area contributed by atoms with Crippen molar-refractivity contribution in [2.75, 3.05) is 60.2 Å². The Kier molecular flexibility index (Phi) is 12.4. The maximum absolute atomic E-state index is 14.1. The highest BCUT2D eigenvalue weighted by Crippen LogP contribution is 2.33. The van der Waals surface area contributed by atoms with Gasteiger partial charge in [0.05, 0.1) is 19.8 Å². The third kappa shape index (κ3) is 9.75. The first-order valence-corrected chi connectivity index (χ1v) is 13.5. The van der Waals surface area contributed by atoms with Crippen LogP contribution in [0.25, 0.3) is 0 Å². The maximum atomic E-state index is 14.1. The van der Waals surface area contributed by atoms with Crippen LogP contribution < -0.4 is 16.0 Å². The zero-order valence-corrected chi connectivity index (χ0v) is 22.2. The number of ether oxygens (including phenoxy) is 3. The molecule has 37 heavy (non-hydrogen) atoms. The van der Waals surface area contributed by atoms with Crippen molar-refractivity contribution in [2.24, 2.45) is 11.8 Å². The minimum Gasteiger partial charge on any atom is -0.453 e. The Morgan fingerprint density at radius 2 is 2.11 bits per heavy atom. The van der Waals surface area contributed by atoms with Crippen molar-refractivity contribution in [3.8, 4) is 0 Å². The largest absolute Gasteiger partial charge is 0.453 e. The van der Waals surface area contributed by atoms with Gasteiger partial charge in [-0.2, -0.15) is 0 Å². The van der Waals surface area contributed by atoms with Gasteiger partial charge >= 0.3 is 12.1 Å². The molecule has 3 amide bonds. The first kappa shape index (κ1) is 29.1. The predicted octanol–water partition coefficient (Wildman–Crippen LogP) is 3.46. The molecule has 2 aliphatic rings. The van der Waals surface area contributed by atoms with Crippen molar-refractivity contribution >= 4 is 12.1 Å². The number of nitrogens with zero attached hydrogens (tertiary/aromatic N) is 1. The van der Waals surface area contributed by atoms with Gasteiger partial charge in [0.25, 0.3) is 0 Å². The van der Waals surface area contributed by atoms with E-state index in [0.29, 0.717) is 25.6 Å². The summed E-state index contributed by atoms with van der Waals surface area (Å²) < 4.78 is 30.6. The molecule has 0 spiro atoms. The number of methoxy groups -OCH3 is 1. The van der Waals surface area contributed by atoms with Crippen LogP contribution in [0.4, 0.5) is 14.0 Å². The molecule has 0 radical (unpaired) electrons. The molecule has 10 heteroatoms. The molecule has 2 fully saturated rings. The van der Waals surface area contributed by atoms with Crippen molar-refractivity contribution in [3.63, 3.8) is 0 Å². The van der Waals surface area contributed by atoms with Gasteiger partial charge in [-0.05, 0) is 62.8 Å². The fraction of sp³-hybridized carbons (Fsp3) is 0.704. The summed E-state index contributed by atoms with van der Waals surface area (Å²) in [6.45, 7) is 3.96. The fourth-order valence-electron chi connectivity index (χ4n) is 5.31. The van der Waals surface area contributed by atoms with Crippen LogP contribution in [0.15, 0.2) is 24.3 Å². The molecule has 3 N–H and O–H groups in total. The van der Waals surface area contributed by atoms with Gasteiger partial charge in [-0.15, -0.1) is 0 Å². The van der Waals surface area contributed by atoms with Crippen molar-refractivity contribution in [1.29, 1.82) is 0 Å². The number of nitrogens with one attached hydrogen (secondary N) is 3. The molecule has 2 aliphatic heterocycles. The molecule has 1 unspecified atom stereocenters. The van der Waals surface area contributed by atoms with Crippen molar-refractivity contribution < 1.29 is 28.2 Å². The van der Waals surface area contributed by atoms with Gasteiger partial charge in [-0.25, -0.2) is 14.0 Å². The van der Waals surface area contributed by atoms with E-state index in [-0.39, 0.29) is 37.0 Å². The summed E-state index contributed by atoms with van der Waals surface area (Å²) in [5.74, 6) is 0.111. The Labute approximate surface area is 219 Å². The second kappa shape index (κ2) is 15.7. The highest BCUT2D eigenvalue weighted by atomic mass is 19.1. The molecule has 0 aromatic heterocycles. The number of likely N-dealkylation sites (tertiary alicyclic amines) is 1. The number of likely N-dealkylation sites (N-methyl/N-ethyl adjacent to an activating group) is 1. The van der Waals surface area contributed by atoms with E-state index in [0.717, 1.165) is 57.3 Å². The lowest BCUT2D eigenvalue weighted by Crippen LogP contribution is -2.50. The summed E-state index contributed by atoms with van der Waals surface area (Å²) in [4.78, 5) is 26.7. The van der Waals surface area contributed by atoms with Gasteiger partial charge in [-0.1, -0.05) is 18.6 Å². The van der Waals surface area contributed by atoms with Gasteiger partial charge in [0.2, 0.25) is 0 Å². The standard InChI is InChI=1S/C27H43FN4O5/c1-29-17-24(15-20-7-6-13-36-19-20)31-26(33)32-12-4-3-8-22(18-32)25(21-9-5-10-23(28)16-21)37-14-11-30-27(34)35-2/h5,9-10,16,20,22,24-25,29H,3-4,6-8,11-15,17-19H2,1-2H3,(H,30,34)(H,31,33)/t20-,22-,24+,25?/m1/s1. The molecule has 208 valence electrons. The molecular formula is C27H43FN4O5. The summed E-state index contributed by atoms with van der Waals surface area (Å²) in [5.41, 5.74) is 0.732. The SMILES string of the molecule is CNC[C@H](C[C@H]1CCCOC1)NC(=O)N1CCCC[C@@H](C(OCCNC(=O)OC)c2cccc(F)c2)C1. The van der Waals surface area contributed by atoms with Crippen molar-refractivity contribution in [2.45, 2.75) is 50.7 Å². The summed E-state index contributed by atoms with van der Waals surface area (Å²) in [6.07, 6.45) is 4.84. The third-order valence-electron chi connectivity index (χ3n) is 7.11. The highest BCUT2D eigenvalue weighted by molar-refractivity contribution is 5.74. The number of urea groups is 1. The smallest absolute Gasteiger partial charge is 0.406 e. The number of carbonyl (C=O) groups is 2. The van der Waals surface area contributed by atoms with Crippen molar-refractivity contribution in [1.82, 2.24) is 20.9 Å². The van der Waals surface area contributed by atoms with E-state index in [9.17, 15) is 14.0 Å². The van der Waals surface area contributed by atoms with Gasteiger partial charge < -0.3 is 35.1 Å². The maximum Gasteiger partial charge on any atom is 0.406 e. The first-order chi connectivity index (χ1) is 18.0. The van der Waals surface area contributed by atoms with E-state index in [1.165, 1.54) is 19.2 Å². The fourth-order valence-corrected chi connectivity index (χ4v) is 5.31. The minimum absolute atomic E-state index is 0.0114. The number of carbonyl (C=O) groups excluding carboxylic acids is 2. The molecule has 9 nitrogen and oxygen atoms in total. The second-order valence-corrected chi connectivity index (χ2v) is 9.99. The Balaban J connectivity index is 1.66. The van der Waals surface area contributed by atoms with E-state index < -0.39 is 12.2 Å². The van der Waals surface area contributed by atoms with Gasteiger partial charge in [0.15, 0.2) is 0 Å². The number of amides is 3. The summed E-state index contributed by atoms with van der Waals surface area (Å²) >= 11 is 0. The monoisotopic (exact) mass is 522 g/mol. The van der Waals surface area contributed by atoms with Crippen LogP contribution in [0.3, 0.4) is 0 Å². The summed E-state index contributed by atoms with van der Waals surface area (Å²) in [7, 11) is 3.20. The number of rotatable bonds is 11. The number of hydrogen-bond acceptors (Lipinski definition) is 6. The summed E-state index contributed by atoms with van der Waals surface area (Å²) in [5, 5.41) is 9.06. The zero-order chi connectivity index (χ0) is 26.5. The Morgan fingerprint density at radius 1 is 1.24 bits per heavy atom. The van der Waals surface area contributed by atoms with E-state index in [1.807, 2.05) is 18.0 Å². The van der Waals surface area contributed by atoms with Crippen LogP contribution >= 0.6 is 0 Å². The Morgan fingerprint density at radius 3 is 2.84 bits per heavy atom. The minimum atomic E-state index is -0.529. The topological polar surface area (TPSA) is 101 Å².